The molecule has 0 N–H and O–H groups in total. The van der Waals surface area contributed by atoms with Crippen LogP contribution in [0, 0.1) is 11.3 Å². The van der Waals surface area contributed by atoms with Crippen LogP contribution in [0.1, 0.15) is 12.0 Å². The maximum absolute atomic E-state index is 8.64. The van der Waals surface area contributed by atoms with Crippen molar-refractivity contribution in [2.45, 2.75) is 12.8 Å². The lowest BCUT2D eigenvalue weighted by Gasteiger charge is -2.18. The van der Waals surface area contributed by atoms with Gasteiger partial charge in [-0.05, 0) is 41.4 Å². The Balaban J connectivity index is 2.32. The first-order valence-corrected chi connectivity index (χ1v) is 7.19. The van der Waals surface area contributed by atoms with Crippen LogP contribution in [0.4, 0.5) is 5.69 Å². The van der Waals surface area contributed by atoms with Gasteiger partial charge in [0.05, 0.1) is 18.9 Å². The van der Waals surface area contributed by atoms with E-state index in [1.807, 2.05) is 24.1 Å². The lowest BCUT2D eigenvalue weighted by Crippen LogP contribution is -2.08. The van der Waals surface area contributed by atoms with Gasteiger partial charge in [-0.15, -0.1) is 0 Å². The Bertz CT molecular complexity index is 684. The summed E-state index contributed by atoms with van der Waals surface area (Å²) in [5.74, 6) is 0.816. The van der Waals surface area contributed by atoms with Crippen molar-refractivity contribution < 1.29 is 4.74 Å². The van der Waals surface area contributed by atoms with Gasteiger partial charge in [0.1, 0.15) is 5.75 Å². The van der Waals surface area contributed by atoms with Crippen molar-refractivity contribution in [2.24, 2.45) is 0 Å². The minimum Gasteiger partial charge on any atom is -0.495 e. The molecule has 0 radical (unpaired) electrons. The van der Waals surface area contributed by atoms with Crippen LogP contribution in [0.2, 0.25) is 0 Å². The molecule has 0 atom stereocenters. The third-order valence-corrected chi connectivity index (χ3v) is 3.65. The van der Waals surface area contributed by atoms with E-state index in [1.165, 1.54) is 5.56 Å². The molecule has 22 heavy (non-hydrogen) atoms. The standard InChI is InChI=1S/C19H20N2O/c1-4-21(2)18-14-17(11-12-19(18)22-3)16-9-7-15(8-10-16)6-5-13-20/h4,7-12,14H,1,5-6H2,2-3H3. The molecule has 3 nitrogen and oxygen atoms in total. The largest absolute Gasteiger partial charge is 0.495 e. The Morgan fingerprint density at radius 3 is 2.45 bits per heavy atom. The fraction of sp³-hybridized carbons (Fsp3) is 0.211. The van der Waals surface area contributed by atoms with Crippen LogP contribution in [-0.2, 0) is 6.42 Å². The van der Waals surface area contributed by atoms with Gasteiger partial charge in [-0.25, -0.2) is 0 Å². The normalized spacial score (nSPS) is 9.86. The Labute approximate surface area is 132 Å². The summed E-state index contributed by atoms with van der Waals surface area (Å²) in [7, 11) is 3.61. The Kier molecular flexibility index (Phi) is 5.21. The smallest absolute Gasteiger partial charge is 0.142 e. The molecule has 0 aliphatic carbocycles. The second-order valence-electron chi connectivity index (χ2n) is 5.04. The molecule has 0 saturated heterocycles. The first-order valence-electron chi connectivity index (χ1n) is 7.19. The number of nitrogens with zero attached hydrogens (tertiary/aromatic N) is 2. The summed E-state index contributed by atoms with van der Waals surface area (Å²) >= 11 is 0. The number of hydrogen-bond donors (Lipinski definition) is 0. The van der Waals surface area contributed by atoms with Crippen molar-refractivity contribution >= 4 is 5.69 Å². The van der Waals surface area contributed by atoms with E-state index in [2.05, 4.69) is 43.0 Å². The Morgan fingerprint density at radius 1 is 1.18 bits per heavy atom. The lowest BCUT2D eigenvalue weighted by atomic mass is 10.0. The van der Waals surface area contributed by atoms with E-state index in [0.29, 0.717) is 6.42 Å². The second kappa shape index (κ2) is 7.33. The van der Waals surface area contributed by atoms with Gasteiger partial charge in [-0.2, -0.15) is 5.26 Å². The molecule has 0 bridgehead atoms. The molecule has 3 heteroatoms. The van der Waals surface area contributed by atoms with Crippen LogP contribution in [0.25, 0.3) is 11.1 Å². The maximum Gasteiger partial charge on any atom is 0.142 e. The zero-order valence-electron chi connectivity index (χ0n) is 13.0. The summed E-state index contributed by atoms with van der Waals surface area (Å²) in [6.07, 6.45) is 3.10. The number of anilines is 1. The number of hydrogen-bond acceptors (Lipinski definition) is 3. The molecule has 0 aliphatic heterocycles. The molecule has 0 aromatic heterocycles. The van der Waals surface area contributed by atoms with Crippen molar-refractivity contribution in [1.82, 2.24) is 0 Å². The van der Waals surface area contributed by atoms with E-state index in [4.69, 9.17) is 10.00 Å². The molecule has 0 aliphatic rings. The Morgan fingerprint density at radius 2 is 1.86 bits per heavy atom. The quantitative estimate of drug-likeness (QED) is 0.792. The predicted octanol–water partition coefficient (Wildman–Crippen LogP) is 4.40. The van der Waals surface area contributed by atoms with E-state index in [1.54, 1.807) is 13.3 Å². The third kappa shape index (κ3) is 3.48. The second-order valence-corrected chi connectivity index (χ2v) is 5.04. The van der Waals surface area contributed by atoms with Gasteiger partial charge in [-0.3, -0.25) is 0 Å². The number of rotatable bonds is 6. The van der Waals surface area contributed by atoms with Crippen molar-refractivity contribution in [1.29, 1.82) is 5.26 Å². The average Bonchev–Trinajstić information content (AvgIpc) is 2.59. The van der Waals surface area contributed by atoms with Crippen LogP contribution in [0.3, 0.4) is 0 Å². The first kappa shape index (κ1) is 15.7. The fourth-order valence-corrected chi connectivity index (χ4v) is 2.31. The van der Waals surface area contributed by atoms with Crippen molar-refractivity contribution in [3.05, 3.63) is 60.8 Å². The van der Waals surface area contributed by atoms with Gasteiger partial charge >= 0.3 is 0 Å². The molecule has 0 heterocycles. The van der Waals surface area contributed by atoms with Gasteiger partial charge in [0, 0.05) is 13.5 Å². The summed E-state index contributed by atoms with van der Waals surface area (Å²) in [5, 5.41) is 8.64. The van der Waals surface area contributed by atoms with E-state index in [0.717, 1.165) is 29.0 Å². The van der Waals surface area contributed by atoms with Crippen LogP contribution < -0.4 is 9.64 Å². The fourth-order valence-electron chi connectivity index (χ4n) is 2.31. The van der Waals surface area contributed by atoms with E-state index in [-0.39, 0.29) is 0 Å². The van der Waals surface area contributed by atoms with Gasteiger partial charge in [0.2, 0.25) is 0 Å². The monoisotopic (exact) mass is 292 g/mol. The molecular formula is C19H20N2O. The van der Waals surface area contributed by atoms with E-state index in [9.17, 15) is 0 Å². The van der Waals surface area contributed by atoms with Crippen molar-refractivity contribution in [3.63, 3.8) is 0 Å². The average molecular weight is 292 g/mol. The summed E-state index contributed by atoms with van der Waals surface area (Å²) in [5.41, 5.74) is 4.42. The van der Waals surface area contributed by atoms with Crippen LogP contribution in [0.15, 0.2) is 55.2 Å². The highest BCUT2D eigenvalue weighted by Crippen LogP contribution is 2.33. The third-order valence-electron chi connectivity index (χ3n) is 3.65. The minimum atomic E-state index is 0.552. The summed E-state index contributed by atoms with van der Waals surface area (Å²) in [6.45, 7) is 3.80. The highest BCUT2D eigenvalue weighted by molar-refractivity contribution is 5.73. The van der Waals surface area contributed by atoms with Gasteiger partial charge < -0.3 is 9.64 Å². The number of benzene rings is 2. The highest BCUT2D eigenvalue weighted by Gasteiger charge is 2.08. The zero-order valence-corrected chi connectivity index (χ0v) is 13.0. The first-order chi connectivity index (χ1) is 10.7. The number of aryl methyl sites for hydroxylation is 1. The van der Waals surface area contributed by atoms with Crippen LogP contribution >= 0.6 is 0 Å². The number of nitriles is 1. The number of methoxy groups -OCH3 is 1. The molecule has 112 valence electrons. The minimum absolute atomic E-state index is 0.552. The molecule has 0 spiro atoms. The molecule has 0 unspecified atom stereocenters. The zero-order chi connectivity index (χ0) is 15.9. The predicted molar refractivity (Wildman–Crippen MR) is 91.0 cm³/mol. The molecule has 2 aromatic carbocycles. The highest BCUT2D eigenvalue weighted by atomic mass is 16.5. The van der Waals surface area contributed by atoms with E-state index >= 15 is 0 Å². The molecule has 0 saturated carbocycles. The number of ether oxygens (including phenoxy) is 1. The molecule has 2 aromatic rings. The SMILES string of the molecule is C=CN(C)c1cc(-c2ccc(CCC#N)cc2)ccc1OC. The van der Waals surface area contributed by atoms with Crippen molar-refractivity contribution in [2.75, 3.05) is 19.1 Å². The van der Waals surface area contributed by atoms with Gasteiger partial charge in [-0.1, -0.05) is 36.9 Å². The van der Waals surface area contributed by atoms with Crippen LogP contribution in [-0.4, -0.2) is 14.2 Å². The summed E-state index contributed by atoms with van der Waals surface area (Å²) in [4.78, 5) is 1.93. The molecule has 0 amide bonds. The van der Waals surface area contributed by atoms with Crippen molar-refractivity contribution in [3.8, 4) is 22.9 Å². The summed E-state index contributed by atoms with van der Waals surface area (Å²) in [6, 6.07) is 16.6. The summed E-state index contributed by atoms with van der Waals surface area (Å²) < 4.78 is 5.40. The molecule has 2 rings (SSSR count). The van der Waals surface area contributed by atoms with Gasteiger partial charge in [0.15, 0.2) is 0 Å². The maximum atomic E-state index is 8.64. The molecule has 0 fully saturated rings. The Hall–Kier alpha value is -2.73. The molecular weight excluding hydrogens is 272 g/mol. The lowest BCUT2D eigenvalue weighted by molar-refractivity contribution is 0.415. The van der Waals surface area contributed by atoms with Crippen LogP contribution in [0.5, 0.6) is 5.75 Å². The topological polar surface area (TPSA) is 36.3 Å². The van der Waals surface area contributed by atoms with Gasteiger partial charge in [0.25, 0.3) is 0 Å². The van der Waals surface area contributed by atoms with E-state index < -0.39 is 0 Å².